The molecule has 4 heteroatoms. The summed E-state index contributed by atoms with van der Waals surface area (Å²) < 4.78 is 5.12. The van der Waals surface area contributed by atoms with Crippen LogP contribution >= 0.6 is 11.6 Å². The Hall–Kier alpha value is -0.930. The standard InChI is InChI=1S/C12H19ClN2O/c1-9(2)15(7-6-14)10-4-5-12(16-3)11(13)8-10/h4-5,8-9H,6-7,14H2,1-3H3. The molecular weight excluding hydrogens is 224 g/mol. The zero-order valence-corrected chi connectivity index (χ0v) is 10.8. The molecule has 0 aliphatic rings. The van der Waals surface area contributed by atoms with Crippen molar-refractivity contribution in [2.45, 2.75) is 19.9 Å². The average Bonchev–Trinajstić information content (AvgIpc) is 2.25. The van der Waals surface area contributed by atoms with Crippen molar-refractivity contribution in [1.29, 1.82) is 0 Å². The van der Waals surface area contributed by atoms with Crippen LogP contribution in [-0.2, 0) is 0 Å². The van der Waals surface area contributed by atoms with Crippen molar-refractivity contribution in [3.8, 4) is 5.75 Å². The lowest BCUT2D eigenvalue weighted by atomic mass is 10.2. The molecule has 0 fully saturated rings. The van der Waals surface area contributed by atoms with Crippen molar-refractivity contribution in [3.63, 3.8) is 0 Å². The molecule has 1 aromatic rings. The minimum atomic E-state index is 0.396. The van der Waals surface area contributed by atoms with Crippen molar-refractivity contribution in [2.24, 2.45) is 5.73 Å². The fourth-order valence-corrected chi connectivity index (χ4v) is 1.91. The van der Waals surface area contributed by atoms with E-state index in [1.54, 1.807) is 7.11 Å². The topological polar surface area (TPSA) is 38.5 Å². The fraction of sp³-hybridized carbons (Fsp3) is 0.500. The predicted octanol–water partition coefficient (Wildman–Crippen LogP) is 2.52. The summed E-state index contributed by atoms with van der Waals surface area (Å²) in [6.45, 7) is 5.71. The van der Waals surface area contributed by atoms with Crippen LogP contribution in [0.4, 0.5) is 5.69 Å². The Bertz CT molecular complexity index is 342. The van der Waals surface area contributed by atoms with Crippen LogP contribution in [0.3, 0.4) is 0 Å². The molecule has 0 aliphatic heterocycles. The van der Waals surface area contributed by atoms with Crippen molar-refractivity contribution >= 4 is 17.3 Å². The minimum Gasteiger partial charge on any atom is -0.495 e. The van der Waals surface area contributed by atoms with E-state index in [9.17, 15) is 0 Å². The van der Waals surface area contributed by atoms with Gasteiger partial charge in [-0.3, -0.25) is 0 Å². The smallest absolute Gasteiger partial charge is 0.137 e. The molecule has 1 aromatic carbocycles. The molecular formula is C12H19ClN2O. The number of hydrogen-bond donors (Lipinski definition) is 1. The van der Waals surface area contributed by atoms with Gasteiger partial charge < -0.3 is 15.4 Å². The zero-order chi connectivity index (χ0) is 12.1. The average molecular weight is 243 g/mol. The molecule has 2 N–H and O–H groups in total. The fourth-order valence-electron chi connectivity index (χ4n) is 1.66. The highest BCUT2D eigenvalue weighted by atomic mass is 35.5. The van der Waals surface area contributed by atoms with Crippen molar-refractivity contribution in [1.82, 2.24) is 0 Å². The first-order valence-electron chi connectivity index (χ1n) is 5.40. The molecule has 1 rings (SSSR count). The van der Waals surface area contributed by atoms with Crippen molar-refractivity contribution in [2.75, 3.05) is 25.1 Å². The third kappa shape index (κ3) is 3.03. The van der Waals surface area contributed by atoms with Crippen LogP contribution in [0, 0.1) is 0 Å². The maximum atomic E-state index is 6.10. The molecule has 16 heavy (non-hydrogen) atoms. The van der Waals surface area contributed by atoms with Crippen LogP contribution < -0.4 is 15.4 Å². The molecule has 0 aromatic heterocycles. The molecule has 0 heterocycles. The molecule has 0 aliphatic carbocycles. The van der Waals surface area contributed by atoms with Gasteiger partial charge >= 0.3 is 0 Å². The van der Waals surface area contributed by atoms with Gasteiger partial charge in [-0.1, -0.05) is 11.6 Å². The molecule has 0 bridgehead atoms. The lowest BCUT2D eigenvalue weighted by Gasteiger charge is -2.28. The first-order chi connectivity index (χ1) is 7.60. The number of hydrogen-bond acceptors (Lipinski definition) is 3. The quantitative estimate of drug-likeness (QED) is 0.863. The monoisotopic (exact) mass is 242 g/mol. The van der Waals surface area contributed by atoms with Crippen LogP contribution in [0.1, 0.15) is 13.8 Å². The number of halogens is 1. The number of benzene rings is 1. The van der Waals surface area contributed by atoms with Gasteiger partial charge in [-0.05, 0) is 32.0 Å². The van der Waals surface area contributed by atoms with Crippen LogP contribution in [0.15, 0.2) is 18.2 Å². The van der Waals surface area contributed by atoms with E-state index in [2.05, 4.69) is 18.7 Å². The maximum absolute atomic E-state index is 6.10. The molecule has 90 valence electrons. The van der Waals surface area contributed by atoms with E-state index in [0.29, 0.717) is 23.4 Å². The summed E-state index contributed by atoms with van der Waals surface area (Å²) in [5.74, 6) is 0.696. The third-order valence-corrected chi connectivity index (χ3v) is 2.76. The summed E-state index contributed by atoms with van der Waals surface area (Å²) in [4.78, 5) is 2.21. The van der Waals surface area contributed by atoms with E-state index >= 15 is 0 Å². The number of nitrogens with zero attached hydrogens (tertiary/aromatic N) is 1. The van der Waals surface area contributed by atoms with Crippen molar-refractivity contribution < 1.29 is 4.74 Å². The lowest BCUT2D eigenvalue weighted by Crippen LogP contribution is -2.35. The van der Waals surface area contributed by atoms with E-state index in [1.165, 1.54) is 0 Å². The summed E-state index contributed by atoms with van der Waals surface area (Å²) in [5, 5.41) is 0.627. The first kappa shape index (κ1) is 13.1. The Kier molecular flexibility index (Phi) is 4.90. The molecule has 0 radical (unpaired) electrons. The van der Waals surface area contributed by atoms with Gasteiger partial charge in [0.1, 0.15) is 5.75 Å². The molecule has 0 saturated heterocycles. The van der Waals surface area contributed by atoms with Crippen LogP contribution in [0.5, 0.6) is 5.75 Å². The van der Waals surface area contributed by atoms with E-state index in [-0.39, 0.29) is 0 Å². The van der Waals surface area contributed by atoms with Gasteiger partial charge in [0, 0.05) is 24.8 Å². The van der Waals surface area contributed by atoms with Gasteiger partial charge in [-0.2, -0.15) is 0 Å². The minimum absolute atomic E-state index is 0.396. The van der Waals surface area contributed by atoms with Gasteiger partial charge in [0.25, 0.3) is 0 Å². The highest BCUT2D eigenvalue weighted by Crippen LogP contribution is 2.29. The Labute approximate surface area is 102 Å². The van der Waals surface area contributed by atoms with Gasteiger partial charge in [-0.25, -0.2) is 0 Å². The second-order valence-corrected chi connectivity index (χ2v) is 4.30. The number of ether oxygens (including phenoxy) is 1. The Balaban J connectivity index is 2.97. The van der Waals surface area contributed by atoms with E-state index in [0.717, 1.165) is 12.2 Å². The van der Waals surface area contributed by atoms with E-state index < -0.39 is 0 Å². The second kappa shape index (κ2) is 5.97. The normalized spacial score (nSPS) is 10.6. The van der Waals surface area contributed by atoms with Gasteiger partial charge in [0.05, 0.1) is 12.1 Å². The van der Waals surface area contributed by atoms with Gasteiger partial charge in [-0.15, -0.1) is 0 Å². The number of methoxy groups -OCH3 is 1. The van der Waals surface area contributed by atoms with E-state index in [4.69, 9.17) is 22.1 Å². The third-order valence-electron chi connectivity index (χ3n) is 2.46. The van der Waals surface area contributed by atoms with Crippen molar-refractivity contribution in [3.05, 3.63) is 23.2 Å². The second-order valence-electron chi connectivity index (χ2n) is 3.89. The molecule has 0 unspecified atom stereocenters. The summed E-state index contributed by atoms with van der Waals surface area (Å²) in [6.07, 6.45) is 0. The molecule has 0 saturated carbocycles. The lowest BCUT2D eigenvalue weighted by molar-refractivity contribution is 0.415. The largest absolute Gasteiger partial charge is 0.495 e. The Morgan fingerprint density at radius 3 is 2.56 bits per heavy atom. The zero-order valence-electron chi connectivity index (χ0n) is 10.0. The summed E-state index contributed by atoms with van der Waals surface area (Å²) in [5.41, 5.74) is 6.67. The highest BCUT2D eigenvalue weighted by Gasteiger charge is 2.11. The molecule has 0 amide bonds. The first-order valence-corrected chi connectivity index (χ1v) is 5.78. The summed E-state index contributed by atoms with van der Waals surface area (Å²) in [6, 6.07) is 6.19. The maximum Gasteiger partial charge on any atom is 0.137 e. The molecule has 0 atom stereocenters. The number of rotatable bonds is 5. The SMILES string of the molecule is COc1ccc(N(CCN)C(C)C)cc1Cl. The van der Waals surface area contributed by atoms with Crippen LogP contribution in [0.2, 0.25) is 5.02 Å². The molecule has 0 spiro atoms. The molecule has 3 nitrogen and oxygen atoms in total. The van der Waals surface area contributed by atoms with E-state index in [1.807, 2.05) is 18.2 Å². The van der Waals surface area contributed by atoms with Crippen LogP contribution in [0.25, 0.3) is 0 Å². The van der Waals surface area contributed by atoms with Gasteiger partial charge in [0.15, 0.2) is 0 Å². The highest BCUT2D eigenvalue weighted by molar-refractivity contribution is 6.32. The Morgan fingerprint density at radius 1 is 1.44 bits per heavy atom. The van der Waals surface area contributed by atoms with Gasteiger partial charge in [0.2, 0.25) is 0 Å². The number of nitrogens with two attached hydrogens (primary N) is 1. The number of anilines is 1. The summed E-state index contributed by atoms with van der Waals surface area (Å²) in [7, 11) is 1.61. The van der Waals surface area contributed by atoms with Crippen LogP contribution in [-0.4, -0.2) is 26.2 Å². The predicted molar refractivity (Wildman–Crippen MR) is 69.5 cm³/mol. The summed E-state index contributed by atoms with van der Waals surface area (Å²) >= 11 is 6.10. The Morgan fingerprint density at radius 2 is 2.12 bits per heavy atom.